The lowest BCUT2D eigenvalue weighted by molar-refractivity contribution is 0.00370. The molecule has 0 saturated carbocycles. The Bertz CT molecular complexity index is 1260. The lowest BCUT2D eigenvalue weighted by Gasteiger charge is -2.46. The molecule has 6 rings (SSSR count). The largest absolute Gasteiger partial charge is 0.495 e. The SMILES string of the molecule is Brc1ccc(B2OC(c3ccccc3)(c3ccccc3)C(c3ccccc3)(c3ccccc3)O2)cc1. The standard InChI is InChI=1S/C32H24BBrO2/c34-30-23-21-29(22-24-30)33-35-31(25-13-5-1-6-14-25,26-15-7-2-8-16-26)32(36-33,27-17-9-3-10-18-27)28-19-11-4-12-20-28/h1-24H. The third-order valence-electron chi connectivity index (χ3n) is 6.93. The summed E-state index contributed by atoms with van der Waals surface area (Å²) in [4.78, 5) is 0. The molecule has 36 heavy (non-hydrogen) atoms. The van der Waals surface area contributed by atoms with Crippen LogP contribution in [-0.2, 0) is 20.5 Å². The third kappa shape index (κ3) is 3.65. The first-order valence-electron chi connectivity index (χ1n) is 12.1. The van der Waals surface area contributed by atoms with Gasteiger partial charge >= 0.3 is 7.12 Å². The van der Waals surface area contributed by atoms with Gasteiger partial charge < -0.3 is 9.31 Å². The lowest BCUT2D eigenvalue weighted by Crippen LogP contribution is -2.48. The molecule has 0 radical (unpaired) electrons. The van der Waals surface area contributed by atoms with E-state index in [2.05, 4.69) is 125 Å². The van der Waals surface area contributed by atoms with E-state index in [1.807, 2.05) is 36.4 Å². The summed E-state index contributed by atoms with van der Waals surface area (Å²) in [6.45, 7) is 0. The van der Waals surface area contributed by atoms with Crippen LogP contribution in [0.3, 0.4) is 0 Å². The van der Waals surface area contributed by atoms with Gasteiger partial charge in [-0.2, -0.15) is 0 Å². The first-order chi connectivity index (χ1) is 17.7. The average Bonchev–Trinajstić information content (AvgIpc) is 3.34. The van der Waals surface area contributed by atoms with E-state index in [0.29, 0.717) is 0 Å². The van der Waals surface area contributed by atoms with E-state index in [9.17, 15) is 0 Å². The lowest BCUT2D eigenvalue weighted by atomic mass is 9.66. The zero-order valence-corrected chi connectivity index (χ0v) is 21.2. The molecule has 1 heterocycles. The van der Waals surface area contributed by atoms with Gasteiger partial charge in [0.2, 0.25) is 0 Å². The zero-order chi connectivity index (χ0) is 24.4. The highest BCUT2D eigenvalue weighted by Crippen LogP contribution is 2.58. The molecule has 0 aromatic heterocycles. The zero-order valence-electron chi connectivity index (χ0n) is 19.6. The minimum Gasteiger partial charge on any atom is -0.390 e. The molecule has 5 aromatic rings. The van der Waals surface area contributed by atoms with Crippen LogP contribution in [0.25, 0.3) is 0 Å². The van der Waals surface area contributed by atoms with Gasteiger partial charge in [0.25, 0.3) is 0 Å². The van der Waals surface area contributed by atoms with Gasteiger partial charge in [0, 0.05) is 4.47 Å². The predicted molar refractivity (Wildman–Crippen MR) is 149 cm³/mol. The van der Waals surface area contributed by atoms with Gasteiger partial charge in [-0.05, 0) is 39.8 Å². The van der Waals surface area contributed by atoms with Crippen LogP contribution in [0.5, 0.6) is 0 Å². The molecule has 1 fully saturated rings. The highest BCUT2D eigenvalue weighted by atomic mass is 79.9. The number of hydrogen-bond donors (Lipinski definition) is 0. The summed E-state index contributed by atoms with van der Waals surface area (Å²) >= 11 is 3.56. The second kappa shape index (κ2) is 9.55. The van der Waals surface area contributed by atoms with Crippen LogP contribution in [-0.4, -0.2) is 7.12 Å². The Balaban J connectivity index is 1.73. The molecule has 4 heteroatoms. The topological polar surface area (TPSA) is 18.5 Å². The molecule has 1 aliphatic rings. The average molecular weight is 531 g/mol. The van der Waals surface area contributed by atoms with Gasteiger partial charge in [-0.3, -0.25) is 0 Å². The molecule has 0 unspecified atom stereocenters. The van der Waals surface area contributed by atoms with Gasteiger partial charge in [-0.25, -0.2) is 0 Å². The van der Waals surface area contributed by atoms with Gasteiger partial charge in [-0.15, -0.1) is 0 Å². The van der Waals surface area contributed by atoms with Crippen molar-refractivity contribution in [1.29, 1.82) is 0 Å². The normalized spacial score (nSPS) is 16.1. The maximum absolute atomic E-state index is 7.23. The highest BCUT2D eigenvalue weighted by molar-refractivity contribution is 9.10. The quantitative estimate of drug-likeness (QED) is 0.226. The van der Waals surface area contributed by atoms with Crippen molar-refractivity contribution in [3.05, 3.63) is 172 Å². The molecule has 1 saturated heterocycles. The first-order valence-corrected chi connectivity index (χ1v) is 12.9. The molecular weight excluding hydrogens is 507 g/mol. The smallest absolute Gasteiger partial charge is 0.390 e. The summed E-state index contributed by atoms with van der Waals surface area (Å²) in [5.74, 6) is 0. The van der Waals surface area contributed by atoms with Crippen molar-refractivity contribution in [2.24, 2.45) is 0 Å². The minimum atomic E-state index is -0.962. The van der Waals surface area contributed by atoms with Gasteiger partial charge in [0.05, 0.1) is 0 Å². The van der Waals surface area contributed by atoms with Crippen LogP contribution in [0.15, 0.2) is 150 Å². The second-order valence-corrected chi connectivity index (χ2v) is 9.86. The molecule has 5 aromatic carbocycles. The number of hydrogen-bond acceptors (Lipinski definition) is 2. The third-order valence-corrected chi connectivity index (χ3v) is 7.46. The Morgan fingerprint density at radius 1 is 0.417 bits per heavy atom. The number of halogens is 1. The Morgan fingerprint density at radius 2 is 0.722 bits per heavy atom. The van der Waals surface area contributed by atoms with Crippen molar-refractivity contribution in [2.75, 3.05) is 0 Å². The summed E-state index contributed by atoms with van der Waals surface area (Å²) in [5, 5.41) is 0. The van der Waals surface area contributed by atoms with Crippen LogP contribution in [0.4, 0.5) is 0 Å². The Labute approximate surface area is 220 Å². The van der Waals surface area contributed by atoms with Crippen LogP contribution >= 0.6 is 15.9 Å². The van der Waals surface area contributed by atoms with E-state index >= 15 is 0 Å². The minimum absolute atomic E-state index is 0.598. The molecule has 0 aliphatic carbocycles. The Morgan fingerprint density at radius 3 is 1.03 bits per heavy atom. The van der Waals surface area contributed by atoms with Crippen LogP contribution in [0, 0.1) is 0 Å². The fourth-order valence-corrected chi connectivity index (χ4v) is 5.64. The molecule has 0 bridgehead atoms. The fraction of sp³-hybridized carbons (Fsp3) is 0.0625. The molecule has 0 amide bonds. The molecular formula is C32H24BBrO2. The molecule has 174 valence electrons. The Hall–Kier alpha value is -3.44. The molecule has 1 aliphatic heterocycles. The molecule has 0 N–H and O–H groups in total. The van der Waals surface area contributed by atoms with E-state index in [1.54, 1.807) is 0 Å². The highest BCUT2D eigenvalue weighted by Gasteiger charge is 2.65. The Kier molecular flexibility index (Phi) is 6.10. The van der Waals surface area contributed by atoms with Crippen molar-refractivity contribution in [3.8, 4) is 0 Å². The van der Waals surface area contributed by atoms with E-state index in [4.69, 9.17) is 9.31 Å². The summed E-state index contributed by atoms with van der Waals surface area (Å²) in [5.41, 5.74) is 3.16. The first kappa shape index (κ1) is 23.0. The number of benzene rings is 5. The maximum atomic E-state index is 7.23. The van der Waals surface area contributed by atoms with Crippen molar-refractivity contribution in [1.82, 2.24) is 0 Å². The van der Waals surface area contributed by atoms with Crippen LogP contribution < -0.4 is 5.46 Å². The predicted octanol–water partition coefficient (Wildman–Crippen LogP) is 7.08. The van der Waals surface area contributed by atoms with Crippen molar-refractivity contribution in [2.45, 2.75) is 11.2 Å². The fourth-order valence-electron chi connectivity index (χ4n) is 5.38. The van der Waals surface area contributed by atoms with E-state index in [1.165, 1.54) is 0 Å². The maximum Gasteiger partial charge on any atom is 0.495 e. The summed E-state index contributed by atoms with van der Waals surface area (Å²) < 4.78 is 15.5. The molecule has 0 atom stereocenters. The summed E-state index contributed by atoms with van der Waals surface area (Å²) in [6, 6.07) is 50.0. The monoisotopic (exact) mass is 530 g/mol. The van der Waals surface area contributed by atoms with E-state index in [0.717, 1.165) is 32.2 Å². The van der Waals surface area contributed by atoms with Gasteiger partial charge in [0.1, 0.15) is 11.2 Å². The van der Waals surface area contributed by atoms with Crippen LogP contribution in [0.2, 0.25) is 0 Å². The summed E-state index contributed by atoms with van der Waals surface area (Å²) in [7, 11) is -0.598. The van der Waals surface area contributed by atoms with Crippen LogP contribution in [0.1, 0.15) is 22.3 Å². The number of rotatable bonds is 5. The van der Waals surface area contributed by atoms with Gasteiger partial charge in [0.15, 0.2) is 0 Å². The van der Waals surface area contributed by atoms with Gasteiger partial charge in [-0.1, -0.05) is 149 Å². The van der Waals surface area contributed by atoms with Crippen molar-refractivity contribution < 1.29 is 9.31 Å². The molecule has 0 spiro atoms. The molecule has 2 nitrogen and oxygen atoms in total. The van der Waals surface area contributed by atoms with E-state index < -0.39 is 18.3 Å². The van der Waals surface area contributed by atoms with E-state index in [-0.39, 0.29) is 0 Å². The van der Waals surface area contributed by atoms with Crippen molar-refractivity contribution in [3.63, 3.8) is 0 Å². The van der Waals surface area contributed by atoms with Crippen molar-refractivity contribution >= 4 is 28.5 Å². The summed E-state index contributed by atoms with van der Waals surface area (Å²) in [6.07, 6.45) is 0. The second-order valence-electron chi connectivity index (χ2n) is 8.95.